The van der Waals surface area contributed by atoms with E-state index in [1.54, 1.807) is 11.0 Å². The Labute approximate surface area is 124 Å². The minimum Gasteiger partial charge on any atom is -0.353 e. The second-order valence-corrected chi connectivity index (χ2v) is 5.37. The Kier molecular flexibility index (Phi) is 4.01. The van der Waals surface area contributed by atoms with Crippen molar-refractivity contribution in [2.24, 2.45) is 0 Å². The van der Waals surface area contributed by atoms with Crippen molar-refractivity contribution in [1.29, 1.82) is 0 Å². The molecule has 0 aliphatic carbocycles. The first-order valence-electron chi connectivity index (χ1n) is 7.28. The van der Waals surface area contributed by atoms with E-state index in [0.717, 1.165) is 18.7 Å². The number of fused-ring (bicyclic) bond motifs is 1. The van der Waals surface area contributed by atoms with E-state index in [1.165, 1.54) is 0 Å². The molecule has 3 rings (SSSR count). The molecule has 5 heteroatoms. The lowest BCUT2D eigenvalue weighted by Gasteiger charge is -2.42. The summed E-state index contributed by atoms with van der Waals surface area (Å²) in [5.74, 6) is 0.00247. The Morgan fingerprint density at radius 1 is 1.19 bits per heavy atom. The van der Waals surface area contributed by atoms with E-state index in [9.17, 15) is 9.59 Å². The van der Waals surface area contributed by atoms with Crippen LogP contribution in [-0.2, 0) is 9.59 Å². The Bertz CT molecular complexity index is 556. The van der Waals surface area contributed by atoms with Gasteiger partial charge in [-0.3, -0.25) is 14.5 Å². The van der Waals surface area contributed by atoms with Crippen LogP contribution in [0.15, 0.2) is 36.4 Å². The van der Waals surface area contributed by atoms with Crippen LogP contribution in [0.3, 0.4) is 0 Å². The summed E-state index contributed by atoms with van der Waals surface area (Å²) in [5.41, 5.74) is 1.000. The second-order valence-electron chi connectivity index (χ2n) is 5.37. The van der Waals surface area contributed by atoms with Gasteiger partial charge in [0.1, 0.15) is 6.04 Å². The first kappa shape index (κ1) is 13.8. The molecule has 0 spiro atoms. The van der Waals surface area contributed by atoms with E-state index in [4.69, 9.17) is 0 Å². The molecule has 21 heavy (non-hydrogen) atoms. The van der Waals surface area contributed by atoms with Gasteiger partial charge in [-0.1, -0.05) is 30.3 Å². The molecule has 1 aromatic carbocycles. The highest BCUT2D eigenvalue weighted by Crippen LogP contribution is 2.13. The third-order valence-electron chi connectivity index (χ3n) is 4.02. The van der Waals surface area contributed by atoms with Gasteiger partial charge < -0.3 is 10.2 Å². The average Bonchev–Trinajstić information content (AvgIpc) is 2.54. The number of nitrogens with one attached hydrogen (secondary N) is 1. The summed E-state index contributed by atoms with van der Waals surface area (Å²) in [6, 6.07) is 9.54. The molecule has 1 atom stereocenters. The predicted molar refractivity (Wildman–Crippen MR) is 80.4 cm³/mol. The van der Waals surface area contributed by atoms with E-state index >= 15 is 0 Å². The van der Waals surface area contributed by atoms with Gasteiger partial charge in [0.15, 0.2) is 0 Å². The van der Waals surface area contributed by atoms with Crippen molar-refractivity contribution in [2.75, 3.05) is 32.7 Å². The largest absolute Gasteiger partial charge is 0.353 e. The fourth-order valence-corrected chi connectivity index (χ4v) is 2.81. The number of hydrogen-bond acceptors (Lipinski definition) is 3. The van der Waals surface area contributed by atoms with E-state index in [1.807, 2.05) is 36.4 Å². The van der Waals surface area contributed by atoms with Crippen LogP contribution in [0, 0.1) is 0 Å². The standard InChI is InChI=1S/C16H19N3O2/c20-15(7-6-13-4-2-1-3-5-13)19-11-10-18-9-8-17-16(21)14(18)12-19/h1-7,14H,8-12H2,(H,17,21)/b7-6+. The third-order valence-corrected chi connectivity index (χ3v) is 4.02. The predicted octanol–water partition coefficient (Wildman–Crippen LogP) is 0.342. The summed E-state index contributed by atoms with van der Waals surface area (Å²) >= 11 is 0. The average molecular weight is 285 g/mol. The van der Waals surface area contributed by atoms with E-state index in [0.29, 0.717) is 19.6 Å². The molecule has 0 radical (unpaired) electrons. The highest BCUT2D eigenvalue weighted by atomic mass is 16.2. The highest BCUT2D eigenvalue weighted by molar-refractivity contribution is 5.92. The maximum atomic E-state index is 12.2. The summed E-state index contributed by atoms with van der Waals surface area (Å²) in [5, 5.41) is 2.86. The third kappa shape index (κ3) is 3.13. The van der Waals surface area contributed by atoms with E-state index in [2.05, 4.69) is 10.2 Å². The highest BCUT2D eigenvalue weighted by Gasteiger charge is 2.35. The van der Waals surface area contributed by atoms with E-state index in [-0.39, 0.29) is 17.9 Å². The molecule has 2 aliphatic rings. The van der Waals surface area contributed by atoms with Gasteiger partial charge in [0.2, 0.25) is 11.8 Å². The van der Waals surface area contributed by atoms with Crippen molar-refractivity contribution in [3.63, 3.8) is 0 Å². The van der Waals surface area contributed by atoms with Gasteiger partial charge in [-0.05, 0) is 11.6 Å². The zero-order chi connectivity index (χ0) is 14.7. The summed E-state index contributed by atoms with van der Waals surface area (Å²) in [7, 11) is 0. The zero-order valence-corrected chi connectivity index (χ0v) is 11.9. The van der Waals surface area contributed by atoms with Crippen LogP contribution in [0.5, 0.6) is 0 Å². The fourth-order valence-electron chi connectivity index (χ4n) is 2.81. The Hall–Kier alpha value is -2.14. The summed E-state index contributed by atoms with van der Waals surface area (Å²) < 4.78 is 0. The molecule has 2 fully saturated rings. The number of amides is 2. The lowest BCUT2D eigenvalue weighted by molar-refractivity contribution is -0.137. The molecule has 110 valence electrons. The molecule has 2 saturated heterocycles. The minimum atomic E-state index is -0.193. The van der Waals surface area contributed by atoms with Crippen molar-refractivity contribution in [1.82, 2.24) is 15.1 Å². The Morgan fingerprint density at radius 3 is 2.81 bits per heavy atom. The van der Waals surface area contributed by atoms with Crippen LogP contribution in [0.1, 0.15) is 5.56 Å². The molecule has 2 heterocycles. The topological polar surface area (TPSA) is 52.7 Å². The van der Waals surface area contributed by atoms with Crippen molar-refractivity contribution >= 4 is 17.9 Å². The normalized spacial score (nSPS) is 23.0. The Morgan fingerprint density at radius 2 is 2.00 bits per heavy atom. The summed E-state index contributed by atoms with van der Waals surface area (Å²) in [4.78, 5) is 28.0. The summed E-state index contributed by atoms with van der Waals surface area (Å²) in [6.45, 7) is 3.50. The van der Waals surface area contributed by atoms with Crippen LogP contribution in [0.2, 0.25) is 0 Å². The zero-order valence-electron chi connectivity index (χ0n) is 11.9. The molecule has 1 unspecified atom stereocenters. The molecular weight excluding hydrogens is 266 g/mol. The van der Waals surface area contributed by atoms with Crippen LogP contribution < -0.4 is 5.32 Å². The van der Waals surface area contributed by atoms with Gasteiger partial charge in [0, 0.05) is 38.8 Å². The van der Waals surface area contributed by atoms with Gasteiger partial charge in [-0.2, -0.15) is 0 Å². The fraction of sp³-hybridized carbons (Fsp3) is 0.375. The SMILES string of the molecule is O=C1NCCN2CCN(C(=O)/C=C/c3ccccc3)CC12. The van der Waals surface area contributed by atoms with Crippen molar-refractivity contribution < 1.29 is 9.59 Å². The summed E-state index contributed by atoms with van der Waals surface area (Å²) in [6.07, 6.45) is 3.40. The number of carbonyl (C=O) groups excluding carboxylic acids is 2. The number of benzene rings is 1. The monoisotopic (exact) mass is 285 g/mol. The van der Waals surface area contributed by atoms with Crippen LogP contribution in [-0.4, -0.2) is 60.4 Å². The van der Waals surface area contributed by atoms with Crippen molar-refractivity contribution in [3.8, 4) is 0 Å². The molecule has 5 nitrogen and oxygen atoms in total. The van der Waals surface area contributed by atoms with E-state index < -0.39 is 0 Å². The van der Waals surface area contributed by atoms with Gasteiger partial charge >= 0.3 is 0 Å². The number of carbonyl (C=O) groups is 2. The van der Waals surface area contributed by atoms with Crippen molar-refractivity contribution in [3.05, 3.63) is 42.0 Å². The number of rotatable bonds is 2. The molecule has 2 aliphatic heterocycles. The maximum absolute atomic E-state index is 12.2. The lowest BCUT2D eigenvalue weighted by Crippen LogP contribution is -2.64. The molecule has 2 amide bonds. The van der Waals surface area contributed by atoms with Gasteiger partial charge in [0.05, 0.1) is 0 Å². The lowest BCUT2D eigenvalue weighted by atomic mass is 10.1. The molecular formula is C16H19N3O2. The minimum absolute atomic E-state index is 0.0307. The molecule has 1 N–H and O–H groups in total. The molecule has 1 aromatic rings. The first-order chi connectivity index (χ1) is 10.2. The first-order valence-corrected chi connectivity index (χ1v) is 7.28. The van der Waals surface area contributed by atoms with Crippen molar-refractivity contribution in [2.45, 2.75) is 6.04 Å². The molecule has 0 aromatic heterocycles. The van der Waals surface area contributed by atoms with Crippen LogP contribution >= 0.6 is 0 Å². The Balaban J connectivity index is 1.63. The molecule has 0 bridgehead atoms. The molecule has 0 saturated carbocycles. The number of hydrogen-bond donors (Lipinski definition) is 1. The van der Waals surface area contributed by atoms with Crippen LogP contribution in [0.25, 0.3) is 6.08 Å². The smallest absolute Gasteiger partial charge is 0.246 e. The van der Waals surface area contributed by atoms with Gasteiger partial charge in [0.25, 0.3) is 0 Å². The number of piperazine rings is 2. The van der Waals surface area contributed by atoms with Gasteiger partial charge in [-0.15, -0.1) is 0 Å². The second kappa shape index (κ2) is 6.10. The maximum Gasteiger partial charge on any atom is 0.246 e. The van der Waals surface area contributed by atoms with Crippen LogP contribution in [0.4, 0.5) is 0 Å². The number of nitrogens with zero attached hydrogens (tertiary/aromatic N) is 2. The quantitative estimate of drug-likeness (QED) is 0.797. The van der Waals surface area contributed by atoms with Gasteiger partial charge in [-0.25, -0.2) is 0 Å².